The van der Waals surface area contributed by atoms with Crippen LogP contribution in [0.15, 0.2) is 30.3 Å². The van der Waals surface area contributed by atoms with E-state index in [-0.39, 0.29) is 24.6 Å². The molecule has 2 unspecified atom stereocenters. The lowest BCUT2D eigenvalue weighted by molar-refractivity contribution is 0.0343. The third-order valence-corrected chi connectivity index (χ3v) is 4.09. The van der Waals surface area contributed by atoms with Crippen molar-refractivity contribution in [3.05, 3.63) is 30.3 Å². The maximum absolute atomic E-state index is 11.9. The largest absolute Gasteiger partial charge is 0.430 e. The summed E-state index contributed by atoms with van der Waals surface area (Å²) < 4.78 is 22.3. The lowest BCUT2D eigenvalue weighted by atomic mass is 9.92. The Morgan fingerprint density at radius 3 is 2.79 bits per heavy atom. The zero-order valence-electron chi connectivity index (χ0n) is 10.7. The molecule has 1 aromatic carbocycles. The third-order valence-electron chi connectivity index (χ3n) is 3.05. The molecule has 102 valence electrons. The number of rotatable bonds is 5. The van der Waals surface area contributed by atoms with Gasteiger partial charge in [-0.3, -0.25) is 9.61 Å². The van der Waals surface area contributed by atoms with Gasteiger partial charge in [-0.2, -0.15) is 0 Å². The molecule has 1 saturated heterocycles. The number of anilines is 1. The van der Waals surface area contributed by atoms with E-state index in [1.54, 1.807) is 24.3 Å². The van der Waals surface area contributed by atoms with Gasteiger partial charge in [-0.25, -0.2) is 4.57 Å². The Labute approximate surface area is 114 Å². The molecule has 2 N–H and O–H groups in total. The molecule has 0 amide bonds. The Morgan fingerprint density at radius 1 is 1.53 bits per heavy atom. The van der Waals surface area contributed by atoms with Crippen LogP contribution in [-0.4, -0.2) is 31.5 Å². The molecule has 2 rings (SSSR count). The summed E-state index contributed by atoms with van der Waals surface area (Å²) >= 11 is 0. The summed E-state index contributed by atoms with van der Waals surface area (Å²) in [6.07, 6.45) is 0.489. The van der Waals surface area contributed by atoms with E-state index < -0.39 is 7.75 Å². The average Bonchev–Trinajstić information content (AvgIpc) is 2.66. The van der Waals surface area contributed by atoms with Crippen molar-refractivity contribution >= 4 is 21.3 Å². The number of benzene rings is 1. The van der Waals surface area contributed by atoms with E-state index in [0.29, 0.717) is 5.69 Å². The first-order valence-corrected chi connectivity index (χ1v) is 7.76. The molecule has 0 aromatic heterocycles. The summed E-state index contributed by atoms with van der Waals surface area (Å²) in [7, 11) is 1.77. The highest BCUT2D eigenvalue weighted by Gasteiger charge is 2.31. The molecule has 0 saturated carbocycles. The summed E-state index contributed by atoms with van der Waals surface area (Å²) in [4.78, 5) is 9.72. The molecule has 4 atom stereocenters. The second-order valence-electron chi connectivity index (χ2n) is 4.72. The van der Waals surface area contributed by atoms with E-state index in [1.165, 1.54) is 0 Å². The van der Waals surface area contributed by atoms with Crippen molar-refractivity contribution in [3.8, 4) is 0 Å². The number of para-hydroxylation sites is 1. The summed E-state index contributed by atoms with van der Waals surface area (Å²) in [5.74, 6) is 0.215. The SMILES string of the molecule is [B][C@H]1CC(C)[C@@H](COP(=O)(O)Nc2ccccc2)O1. The maximum atomic E-state index is 11.9. The van der Waals surface area contributed by atoms with Crippen LogP contribution < -0.4 is 5.09 Å². The predicted molar refractivity (Wildman–Crippen MR) is 74.0 cm³/mol. The van der Waals surface area contributed by atoms with Crippen molar-refractivity contribution in [3.63, 3.8) is 0 Å². The summed E-state index contributed by atoms with van der Waals surface area (Å²) in [6, 6.07) is 8.42. The van der Waals surface area contributed by atoms with Crippen molar-refractivity contribution in [2.45, 2.75) is 25.5 Å². The molecular weight excluding hydrogens is 264 g/mol. The Kier molecular flexibility index (Phi) is 4.69. The van der Waals surface area contributed by atoms with Crippen LogP contribution in [0, 0.1) is 5.92 Å². The fourth-order valence-electron chi connectivity index (χ4n) is 2.02. The van der Waals surface area contributed by atoms with Gasteiger partial charge in [0.25, 0.3) is 0 Å². The van der Waals surface area contributed by atoms with Crippen LogP contribution in [0.1, 0.15) is 13.3 Å². The van der Waals surface area contributed by atoms with E-state index in [9.17, 15) is 9.46 Å². The summed E-state index contributed by atoms with van der Waals surface area (Å²) in [6.45, 7) is 2.02. The van der Waals surface area contributed by atoms with Crippen molar-refractivity contribution in [2.24, 2.45) is 5.92 Å². The first-order valence-electron chi connectivity index (χ1n) is 6.18. The van der Waals surface area contributed by atoms with E-state index in [2.05, 4.69) is 5.09 Å². The number of ether oxygens (including phenoxy) is 1. The fourth-order valence-corrected chi connectivity index (χ4v) is 2.91. The van der Waals surface area contributed by atoms with E-state index in [1.807, 2.05) is 13.0 Å². The van der Waals surface area contributed by atoms with Gasteiger partial charge in [0.05, 0.1) is 12.7 Å². The minimum Gasteiger partial charge on any atom is -0.382 e. The van der Waals surface area contributed by atoms with E-state index in [0.717, 1.165) is 6.42 Å². The molecule has 1 heterocycles. The zero-order valence-corrected chi connectivity index (χ0v) is 11.6. The van der Waals surface area contributed by atoms with Gasteiger partial charge >= 0.3 is 7.75 Å². The Balaban J connectivity index is 1.86. The minimum absolute atomic E-state index is 0.0441. The van der Waals surface area contributed by atoms with Crippen LogP contribution >= 0.6 is 7.75 Å². The van der Waals surface area contributed by atoms with Gasteiger partial charge in [0.1, 0.15) is 7.85 Å². The molecule has 0 bridgehead atoms. The topological polar surface area (TPSA) is 67.8 Å². The third kappa shape index (κ3) is 4.35. The summed E-state index contributed by atoms with van der Waals surface area (Å²) in [5, 5.41) is 2.47. The normalized spacial score (nSPS) is 29.9. The van der Waals surface area contributed by atoms with Crippen LogP contribution in [0.4, 0.5) is 5.69 Å². The molecular formula is C12H17BNO4P. The molecule has 0 aliphatic carbocycles. The van der Waals surface area contributed by atoms with Gasteiger partial charge in [0.2, 0.25) is 0 Å². The van der Waals surface area contributed by atoms with E-state index >= 15 is 0 Å². The fraction of sp³-hybridized carbons (Fsp3) is 0.500. The smallest absolute Gasteiger partial charge is 0.382 e. The van der Waals surface area contributed by atoms with Gasteiger partial charge in [0.15, 0.2) is 0 Å². The van der Waals surface area contributed by atoms with Crippen molar-refractivity contribution in [1.29, 1.82) is 0 Å². The van der Waals surface area contributed by atoms with Gasteiger partial charge in [-0.05, 0) is 24.5 Å². The first kappa shape index (κ1) is 14.6. The van der Waals surface area contributed by atoms with Gasteiger partial charge in [0, 0.05) is 11.7 Å². The molecule has 1 aromatic rings. The van der Waals surface area contributed by atoms with Crippen molar-refractivity contribution < 1.29 is 18.7 Å². The van der Waals surface area contributed by atoms with Crippen LogP contribution in [0.5, 0.6) is 0 Å². The van der Waals surface area contributed by atoms with Crippen LogP contribution in [0.3, 0.4) is 0 Å². The molecule has 19 heavy (non-hydrogen) atoms. The highest BCUT2D eigenvalue weighted by molar-refractivity contribution is 7.54. The van der Waals surface area contributed by atoms with Crippen molar-refractivity contribution in [2.75, 3.05) is 11.7 Å². The van der Waals surface area contributed by atoms with Crippen LogP contribution in [0.2, 0.25) is 0 Å². The minimum atomic E-state index is -3.88. The monoisotopic (exact) mass is 281 g/mol. The molecule has 1 aliphatic heterocycles. The lowest BCUT2D eigenvalue weighted by Crippen LogP contribution is -2.21. The zero-order chi connectivity index (χ0) is 13.9. The first-order chi connectivity index (χ1) is 8.96. The second-order valence-corrected chi connectivity index (χ2v) is 6.24. The molecule has 1 fully saturated rings. The standard InChI is InChI=1S/C12H17BNO4P/c1-9-7-12(13)18-11(9)8-17-19(15,16)14-10-5-3-2-4-6-10/h2-6,9,11-12H,7-8H2,1H3,(H2,14,15,16)/t9?,11-,12-/m1/s1. The van der Waals surface area contributed by atoms with Gasteiger partial charge in [-0.15, -0.1) is 0 Å². The number of hydrogen-bond acceptors (Lipinski definition) is 3. The quantitative estimate of drug-likeness (QED) is 0.639. The van der Waals surface area contributed by atoms with Crippen molar-refractivity contribution in [1.82, 2.24) is 0 Å². The predicted octanol–water partition coefficient (Wildman–Crippen LogP) is 2.14. The van der Waals surface area contributed by atoms with Gasteiger partial charge < -0.3 is 9.63 Å². The molecule has 2 radical (unpaired) electrons. The maximum Gasteiger partial charge on any atom is 0.430 e. The highest BCUT2D eigenvalue weighted by atomic mass is 31.2. The van der Waals surface area contributed by atoms with Crippen LogP contribution in [-0.2, 0) is 13.8 Å². The Hall–Kier alpha value is -0.805. The summed E-state index contributed by atoms with van der Waals surface area (Å²) in [5.41, 5.74) is 0.533. The molecule has 0 spiro atoms. The number of nitrogens with one attached hydrogen (secondary N) is 1. The highest BCUT2D eigenvalue weighted by Crippen LogP contribution is 2.42. The Bertz CT molecular complexity index is 458. The van der Waals surface area contributed by atoms with Gasteiger partial charge in [-0.1, -0.05) is 25.1 Å². The molecule has 7 heteroatoms. The molecule has 1 aliphatic rings. The Morgan fingerprint density at radius 2 is 2.21 bits per heavy atom. The average molecular weight is 281 g/mol. The van der Waals surface area contributed by atoms with Crippen LogP contribution in [0.25, 0.3) is 0 Å². The number of hydrogen-bond donors (Lipinski definition) is 2. The second kappa shape index (κ2) is 6.10. The molecule has 5 nitrogen and oxygen atoms in total. The lowest BCUT2D eigenvalue weighted by Gasteiger charge is -2.19. The van der Waals surface area contributed by atoms with E-state index in [4.69, 9.17) is 17.1 Å².